The molecule has 2 aromatic heterocycles. The van der Waals surface area contributed by atoms with E-state index in [1.807, 2.05) is 11.4 Å². The average molecular weight is 374 g/mol. The van der Waals surface area contributed by atoms with Crippen LogP contribution < -0.4 is 4.74 Å². The number of hydrogen-bond acceptors (Lipinski definition) is 4. The lowest BCUT2D eigenvalue weighted by atomic mass is 10.3. The van der Waals surface area contributed by atoms with E-state index >= 15 is 0 Å². The Morgan fingerprint density at radius 2 is 2.15 bits per heavy atom. The van der Waals surface area contributed by atoms with Crippen molar-refractivity contribution in [2.45, 2.75) is 6.61 Å². The first-order chi connectivity index (χ1) is 9.63. The van der Waals surface area contributed by atoms with Gasteiger partial charge in [-0.3, -0.25) is 0 Å². The first-order valence-corrected chi connectivity index (χ1v) is 7.66. The van der Waals surface area contributed by atoms with Crippen LogP contribution in [0.4, 0.5) is 4.39 Å². The third-order valence-corrected chi connectivity index (χ3v) is 4.29. The van der Waals surface area contributed by atoms with Crippen molar-refractivity contribution in [1.82, 2.24) is 9.97 Å². The summed E-state index contributed by atoms with van der Waals surface area (Å²) in [5.41, 5.74) is 0. The van der Waals surface area contributed by atoms with Crippen LogP contribution in [0.1, 0.15) is 5.82 Å². The predicted molar refractivity (Wildman–Crippen MR) is 80.9 cm³/mol. The molecule has 0 spiro atoms. The van der Waals surface area contributed by atoms with Gasteiger partial charge in [0, 0.05) is 5.39 Å². The lowest BCUT2D eigenvalue weighted by molar-refractivity contribution is 0.296. The van der Waals surface area contributed by atoms with E-state index in [-0.39, 0.29) is 12.4 Å². The second kappa shape index (κ2) is 5.63. The number of nitrogens with zero attached hydrogens (tertiary/aromatic N) is 2. The lowest BCUT2D eigenvalue weighted by Crippen LogP contribution is -2.01. The molecule has 0 saturated heterocycles. The van der Waals surface area contributed by atoms with E-state index in [4.69, 9.17) is 16.3 Å². The van der Waals surface area contributed by atoms with Gasteiger partial charge >= 0.3 is 0 Å². The van der Waals surface area contributed by atoms with Crippen LogP contribution in [-0.2, 0) is 6.61 Å². The molecular formula is C13H7BrClFN2OS. The lowest BCUT2D eigenvalue weighted by Gasteiger charge is -2.06. The maximum atomic E-state index is 13.1. The van der Waals surface area contributed by atoms with E-state index in [0.29, 0.717) is 21.2 Å². The fourth-order valence-electron chi connectivity index (χ4n) is 1.64. The van der Waals surface area contributed by atoms with Crippen LogP contribution in [0.15, 0.2) is 34.1 Å². The van der Waals surface area contributed by atoms with E-state index in [0.717, 1.165) is 10.2 Å². The van der Waals surface area contributed by atoms with Crippen LogP contribution in [-0.4, -0.2) is 9.97 Å². The minimum atomic E-state index is -0.336. The van der Waals surface area contributed by atoms with Gasteiger partial charge in [-0.25, -0.2) is 14.4 Å². The van der Waals surface area contributed by atoms with Crippen molar-refractivity contribution in [3.8, 4) is 5.75 Å². The van der Waals surface area contributed by atoms with E-state index in [2.05, 4.69) is 25.9 Å². The first kappa shape index (κ1) is 13.7. The fourth-order valence-corrected chi connectivity index (χ4v) is 3.09. The molecule has 1 aromatic carbocycles. The minimum absolute atomic E-state index is 0.172. The number of fused-ring (bicyclic) bond motifs is 1. The van der Waals surface area contributed by atoms with Gasteiger partial charge in [0.15, 0.2) is 5.82 Å². The summed E-state index contributed by atoms with van der Waals surface area (Å²) < 4.78 is 19.0. The molecule has 0 bridgehead atoms. The first-order valence-electron chi connectivity index (χ1n) is 5.61. The van der Waals surface area contributed by atoms with Gasteiger partial charge in [0.2, 0.25) is 0 Å². The summed E-state index contributed by atoms with van der Waals surface area (Å²) in [6.07, 6.45) is 0. The molecule has 3 nitrogen and oxygen atoms in total. The number of thiophene rings is 1. The highest BCUT2D eigenvalue weighted by atomic mass is 79.9. The Hall–Kier alpha value is -1.24. The molecule has 0 fully saturated rings. The summed E-state index contributed by atoms with van der Waals surface area (Å²) in [7, 11) is 0. The average Bonchev–Trinajstić information content (AvgIpc) is 2.89. The molecule has 3 aromatic rings. The Kier molecular flexibility index (Phi) is 3.87. The van der Waals surface area contributed by atoms with Gasteiger partial charge in [-0.05, 0) is 45.6 Å². The monoisotopic (exact) mass is 372 g/mol. The molecule has 20 heavy (non-hydrogen) atoms. The van der Waals surface area contributed by atoms with Crippen molar-refractivity contribution in [2.75, 3.05) is 0 Å². The van der Waals surface area contributed by atoms with E-state index in [1.165, 1.54) is 17.4 Å². The molecule has 102 valence electrons. The molecule has 3 rings (SSSR count). The largest absolute Gasteiger partial charge is 0.486 e. The van der Waals surface area contributed by atoms with Gasteiger partial charge < -0.3 is 4.74 Å². The second-order valence-corrected chi connectivity index (χ2v) is 6.04. The smallest absolute Gasteiger partial charge is 0.169 e. The molecule has 0 radical (unpaired) electrons. The van der Waals surface area contributed by atoms with Gasteiger partial charge in [-0.15, -0.1) is 11.3 Å². The molecule has 0 amide bonds. The van der Waals surface area contributed by atoms with Gasteiger partial charge in [-0.2, -0.15) is 0 Å². The summed E-state index contributed by atoms with van der Waals surface area (Å²) in [5.74, 6) is 0.686. The van der Waals surface area contributed by atoms with Gasteiger partial charge in [-0.1, -0.05) is 11.6 Å². The Balaban J connectivity index is 1.80. The van der Waals surface area contributed by atoms with Crippen molar-refractivity contribution in [1.29, 1.82) is 0 Å². The highest BCUT2D eigenvalue weighted by Crippen LogP contribution is 2.26. The summed E-state index contributed by atoms with van der Waals surface area (Å²) >= 11 is 10.7. The molecular weight excluding hydrogens is 367 g/mol. The van der Waals surface area contributed by atoms with Gasteiger partial charge in [0.1, 0.15) is 28.2 Å². The third kappa shape index (κ3) is 2.77. The molecule has 0 aliphatic heterocycles. The van der Waals surface area contributed by atoms with Crippen LogP contribution in [0.25, 0.3) is 10.2 Å². The molecule has 7 heteroatoms. The van der Waals surface area contributed by atoms with Crippen molar-refractivity contribution >= 4 is 49.1 Å². The van der Waals surface area contributed by atoms with Crippen LogP contribution in [0.2, 0.25) is 5.15 Å². The number of hydrogen-bond donors (Lipinski definition) is 0. The molecule has 0 saturated carbocycles. The molecule has 2 heterocycles. The Morgan fingerprint density at radius 1 is 1.30 bits per heavy atom. The van der Waals surface area contributed by atoms with Crippen molar-refractivity contribution in [3.05, 3.63) is 50.9 Å². The standard InChI is InChI=1S/C13H7BrClFN2OS/c14-9-5-7(1-2-10(9)16)19-6-11-17-12(15)8-3-4-20-13(8)18-11/h1-5H,6H2. The molecule has 0 aliphatic rings. The zero-order chi connectivity index (χ0) is 14.1. The number of rotatable bonds is 3. The highest BCUT2D eigenvalue weighted by Gasteiger charge is 2.08. The van der Waals surface area contributed by atoms with Crippen molar-refractivity contribution < 1.29 is 9.13 Å². The van der Waals surface area contributed by atoms with Crippen LogP contribution in [0, 0.1) is 5.82 Å². The predicted octanol–water partition coefficient (Wildman–Crippen LogP) is 4.83. The minimum Gasteiger partial charge on any atom is -0.486 e. The zero-order valence-corrected chi connectivity index (χ0v) is 13.1. The maximum absolute atomic E-state index is 13.1. The van der Waals surface area contributed by atoms with E-state index in [1.54, 1.807) is 12.1 Å². The summed E-state index contributed by atoms with van der Waals surface area (Å²) in [4.78, 5) is 9.37. The second-order valence-electron chi connectivity index (χ2n) is 3.93. The van der Waals surface area contributed by atoms with E-state index in [9.17, 15) is 4.39 Å². The molecule has 0 atom stereocenters. The van der Waals surface area contributed by atoms with Crippen LogP contribution in [0.3, 0.4) is 0 Å². The highest BCUT2D eigenvalue weighted by molar-refractivity contribution is 9.10. The van der Waals surface area contributed by atoms with Gasteiger partial charge in [0.25, 0.3) is 0 Å². The molecule has 0 unspecified atom stereocenters. The SMILES string of the molecule is Fc1ccc(OCc2nc(Cl)c3ccsc3n2)cc1Br. The summed E-state index contributed by atoms with van der Waals surface area (Å²) in [6.45, 7) is 0.172. The zero-order valence-electron chi connectivity index (χ0n) is 9.94. The van der Waals surface area contributed by atoms with Crippen LogP contribution >= 0.6 is 38.9 Å². The topological polar surface area (TPSA) is 35.0 Å². The number of ether oxygens (including phenoxy) is 1. The van der Waals surface area contributed by atoms with Crippen molar-refractivity contribution in [3.63, 3.8) is 0 Å². The summed E-state index contributed by atoms with van der Waals surface area (Å²) in [6, 6.07) is 6.31. The number of benzene rings is 1. The number of aromatic nitrogens is 2. The van der Waals surface area contributed by atoms with E-state index < -0.39 is 0 Å². The van der Waals surface area contributed by atoms with Gasteiger partial charge in [0.05, 0.1) is 4.47 Å². The fraction of sp³-hybridized carbons (Fsp3) is 0.0769. The Morgan fingerprint density at radius 3 is 2.95 bits per heavy atom. The Labute approximate surface area is 131 Å². The molecule has 0 aliphatic carbocycles. The summed E-state index contributed by atoms with van der Waals surface area (Å²) in [5, 5.41) is 3.16. The Bertz CT molecular complexity index is 780. The quantitative estimate of drug-likeness (QED) is 0.617. The third-order valence-electron chi connectivity index (χ3n) is 2.58. The van der Waals surface area contributed by atoms with Crippen LogP contribution in [0.5, 0.6) is 5.75 Å². The maximum Gasteiger partial charge on any atom is 0.169 e. The van der Waals surface area contributed by atoms with Crippen molar-refractivity contribution in [2.24, 2.45) is 0 Å². The number of halogens is 3. The normalized spacial score (nSPS) is 10.9. The molecule has 0 N–H and O–H groups in total.